The summed E-state index contributed by atoms with van der Waals surface area (Å²) in [4.78, 5) is 27.1. The largest absolute Gasteiger partial charge is 0.478 e. The Labute approximate surface area is 122 Å². The van der Waals surface area contributed by atoms with Gasteiger partial charge in [-0.25, -0.2) is 9.59 Å². The van der Waals surface area contributed by atoms with Crippen molar-refractivity contribution in [2.45, 2.75) is 13.0 Å². The highest BCUT2D eigenvalue weighted by molar-refractivity contribution is 5.88. The Hall–Kier alpha value is -2.08. The number of nitrogens with zero attached hydrogens (tertiary/aromatic N) is 2. The Morgan fingerprint density at radius 1 is 1.05 bits per heavy atom. The molecular formula is C15H18N2O4. The number of hydrogen-bond donors (Lipinski definition) is 1. The highest BCUT2D eigenvalue weighted by atomic mass is 16.5. The van der Waals surface area contributed by atoms with Crippen molar-refractivity contribution in [2.75, 3.05) is 32.8 Å². The zero-order valence-corrected chi connectivity index (χ0v) is 11.7. The molecule has 1 aromatic carbocycles. The van der Waals surface area contributed by atoms with Crippen molar-refractivity contribution in [1.82, 2.24) is 9.80 Å². The smallest absolute Gasteiger partial charge is 0.335 e. The lowest BCUT2D eigenvalue weighted by molar-refractivity contribution is 0.0421. The maximum Gasteiger partial charge on any atom is 0.335 e. The van der Waals surface area contributed by atoms with Crippen molar-refractivity contribution in [1.29, 1.82) is 0 Å². The molecule has 1 fully saturated rings. The number of urea groups is 1. The maximum absolute atomic E-state index is 12.5. The van der Waals surface area contributed by atoms with Gasteiger partial charge in [0.05, 0.1) is 18.8 Å². The van der Waals surface area contributed by atoms with Crippen molar-refractivity contribution in [3.63, 3.8) is 0 Å². The standard InChI is InChI=1S/C15H18N2O4/c18-14(19)12-2-1-11-3-4-17(10-13(11)9-12)15(20)16-5-7-21-8-6-16/h1-2,9H,3-8,10H2,(H,18,19). The first-order valence-corrected chi connectivity index (χ1v) is 7.12. The minimum Gasteiger partial charge on any atom is -0.478 e. The first-order valence-electron chi connectivity index (χ1n) is 7.12. The minimum atomic E-state index is -0.936. The number of rotatable bonds is 1. The second kappa shape index (κ2) is 5.73. The Kier molecular flexibility index (Phi) is 3.79. The van der Waals surface area contributed by atoms with E-state index >= 15 is 0 Å². The lowest BCUT2D eigenvalue weighted by Crippen LogP contribution is -2.49. The molecule has 0 bridgehead atoms. The molecule has 0 saturated carbocycles. The first kappa shape index (κ1) is 13.9. The molecule has 112 valence electrons. The molecule has 6 heteroatoms. The van der Waals surface area contributed by atoms with Crippen molar-refractivity contribution >= 4 is 12.0 Å². The van der Waals surface area contributed by atoms with Gasteiger partial charge in [0.1, 0.15) is 0 Å². The van der Waals surface area contributed by atoms with E-state index in [2.05, 4.69) is 0 Å². The molecule has 1 aromatic rings. The topological polar surface area (TPSA) is 70.1 Å². The molecule has 1 N–H and O–H groups in total. The van der Waals surface area contributed by atoms with Gasteiger partial charge in [-0.1, -0.05) is 6.07 Å². The molecule has 3 rings (SSSR count). The van der Waals surface area contributed by atoms with Crippen LogP contribution in [0.3, 0.4) is 0 Å². The average Bonchev–Trinajstić information content (AvgIpc) is 2.54. The second-order valence-electron chi connectivity index (χ2n) is 5.34. The molecule has 1 saturated heterocycles. The molecule has 0 aliphatic carbocycles. The van der Waals surface area contributed by atoms with Gasteiger partial charge >= 0.3 is 12.0 Å². The maximum atomic E-state index is 12.5. The van der Waals surface area contributed by atoms with Crippen LogP contribution in [0.15, 0.2) is 18.2 Å². The van der Waals surface area contributed by atoms with Crippen LogP contribution in [0, 0.1) is 0 Å². The van der Waals surface area contributed by atoms with E-state index in [0.717, 1.165) is 17.5 Å². The fraction of sp³-hybridized carbons (Fsp3) is 0.467. The van der Waals surface area contributed by atoms with Crippen molar-refractivity contribution in [2.24, 2.45) is 0 Å². The average molecular weight is 290 g/mol. The minimum absolute atomic E-state index is 0.0182. The van der Waals surface area contributed by atoms with Crippen LogP contribution in [0.5, 0.6) is 0 Å². The molecule has 2 amide bonds. The number of aromatic carboxylic acids is 1. The molecule has 2 heterocycles. The summed E-state index contributed by atoms with van der Waals surface area (Å²) in [5.41, 5.74) is 2.34. The molecule has 2 aliphatic heterocycles. The zero-order valence-electron chi connectivity index (χ0n) is 11.7. The van der Waals surface area contributed by atoms with Crippen molar-refractivity contribution < 1.29 is 19.4 Å². The molecule has 0 unspecified atom stereocenters. The fourth-order valence-corrected chi connectivity index (χ4v) is 2.81. The molecule has 0 radical (unpaired) electrons. The van der Waals surface area contributed by atoms with Gasteiger partial charge in [-0.05, 0) is 29.7 Å². The Balaban J connectivity index is 1.75. The van der Waals surface area contributed by atoms with Crippen LogP contribution in [0.2, 0.25) is 0 Å². The van der Waals surface area contributed by atoms with Crippen molar-refractivity contribution in [3.8, 4) is 0 Å². The molecule has 0 spiro atoms. The summed E-state index contributed by atoms with van der Waals surface area (Å²) in [5.74, 6) is -0.936. The number of carbonyl (C=O) groups is 2. The van der Waals surface area contributed by atoms with E-state index in [1.165, 1.54) is 0 Å². The Bertz CT molecular complexity index is 567. The van der Waals surface area contributed by atoms with E-state index < -0.39 is 5.97 Å². The molecular weight excluding hydrogens is 272 g/mol. The van der Waals surface area contributed by atoms with Crippen LogP contribution in [0.4, 0.5) is 4.79 Å². The van der Waals surface area contributed by atoms with E-state index in [0.29, 0.717) is 39.4 Å². The molecule has 0 atom stereocenters. The van der Waals surface area contributed by atoms with E-state index in [-0.39, 0.29) is 11.6 Å². The summed E-state index contributed by atoms with van der Waals surface area (Å²) in [6.45, 7) is 3.57. The predicted octanol–water partition coefficient (Wildman–Crippen LogP) is 1.20. The number of carboxylic acid groups (broad SMARTS) is 1. The number of carboxylic acids is 1. The number of ether oxygens (including phenoxy) is 1. The second-order valence-corrected chi connectivity index (χ2v) is 5.34. The van der Waals surface area contributed by atoms with Crippen LogP contribution in [-0.2, 0) is 17.7 Å². The number of carbonyl (C=O) groups excluding carboxylic acids is 1. The summed E-state index contributed by atoms with van der Waals surface area (Å²) in [6.07, 6.45) is 0.769. The normalized spacial score (nSPS) is 18.3. The van der Waals surface area contributed by atoms with Gasteiger partial charge in [-0.3, -0.25) is 0 Å². The van der Waals surface area contributed by atoms with Gasteiger partial charge in [0.25, 0.3) is 0 Å². The van der Waals surface area contributed by atoms with Gasteiger partial charge in [0.2, 0.25) is 0 Å². The van der Waals surface area contributed by atoms with Crippen LogP contribution in [-0.4, -0.2) is 59.8 Å². The third kappa shape index (κ3) is 2.85. The van der Waals surface area contributed by atoms with E-state index in [1.807, 2.05) is 6.07 Å². The van der Waals surface area contributed by atoms with Crippen LogP contribution in [0.25, 0.3) is 0 Å². The third-order valence-corrected chi connectivity index (χ3v) is 4.02. The lowest BCUT2D eigenvalue weighted by Gasteiger charge is -2.35. The summed E-state index contributed by atoms with van der Waals surface area (Å²) in [5, 5.41) is 9.06. The van der Waals surface area contributed by atoms with Gasteiger partial charge < -0.3 is 19.6 Å². The van der Waals surface area contributed by atoms with Gasteiger partial charge in [-0.15, -0.1) is 0 Å². The lowest BCUT2D eigenvalue weighted by atomic mass is 9.97. The molecule has 6 nitrogen and oxygen atoms in total. The summed E-state index contributed by atoms with van der Waals surface area (Å²) in [7, 11) is 0. The number of hydrogen-bond acceptors (Lipinski definition) is 3. The Morgan fingerprint density at radius 3 is 2.52 bits per heavy atom. The van der Waals surface area contributed by atoms with E-state index in [1.54, 1.807) is 21.9 Å². The first-order chi connectivity index (χ1) is 10.1. The summed E-state index contributed by atoms with van der Waals surface area (Å²) >= 11 is 0. The predicted molar refractivity (Wildman–Crippen MR) is 75.3 cm³/mol. The van der Waals surface area contributed by atoms with Crippen LogP contribution < -0.4 is 0 Å². The van der Waals surface area contributed by atoms with Gasteiger partial charge in [0, 0.05) is 26.2 Å². The summed E-state index contributed by atoms with van der Waals surface area (Å²) in [6, 6.07) is 5.18. The van der Waals surface area contributed by atoms with Crippen molar-refractivity contribution in [3.05, 3.63) is 34.9 Å². The quantitative estimate of drug-likeness (QED) is 0.843. The number of morpholine rings is 1. The Morgan fingerprint density at radius 2 is 1.81 bits per heavy atom. The van der Waals surface area contributed by atoms with Crippen LogP contribution in [0.1, 0.15) is 21.5 Å². The fourth-order valence-electron chi connectivity index (χ4n) is 2.81. The third-order valence-electron chi connectivity index (χ3n) is 4.02. The monoisotopic (exact) mass is 290 g/mol. The van der Waals surface area contributed by atoms with E-state index in [4.69, 9.17) is 9.84 Å². The highest BCUT2D eigenvalue weighted by Crippen LogP contribution is 2.21. The van der Waals surface area contributed by atoms with Crippen LogP contribution >= 0.6 is 0 Å². The summed E-state index contributed by atoms with van der Waals surface area (Å²) < 4.78 is 5.26. The SMILES string of the molecule is O=C(O)c1ccc2c(c1)CN(C(=O)N1CCOCC1)CC2. The van der Waals surface area contributed by atoms with Gasteiger partial charge in [-0.2, -0.15) is 0 Å². The zero-order chi connectivity index (χ0) is 14.8. The molecule has 2 aliphatic rings. The highest BCUT2D eigenvalue weighted by Gasteiger charge is 2.26. The molecule has 21 heavy (non-hydrogen) atoms. The van der Waals surface area contributed by atoms with E-state index in [9.17, 15) is 9.59 Å². The number of amides is 2. The van der Waals surface area contributed by atoms with Gasteiger partial charge in [0.15, 0.2) is 0 Å². The number of benzene rings is 1. The number of fused-ring (bicyclic) bond motifs is 1. The molecule has 0 aromatic heterocycles.